The zero-order valence-corrected chi connectivity index (χ0v) is 14.2. The van der Waals surface area contributed by atoms with Gasteiger partial charge in [-0.2, -0.15) is 8.42 Å². The Kier molecular flexibility index (Phi) is 5.47. The highest BCUT2D eigenvalue weighted by atomic mass is 35.5. The van der Waals surface area contributed by atoms with Crippen molar-refractivity contribution in [2.75, 3.05) is 12.4 Å². The number of aromatic nitrogens is 1. The Morgan fingerprint density at radius 1 is 1.35 bits per heavy atom. The van der Waals surface area contributed by atoms with E-state index in [1.807, 2.05) is 0 Å². The molecule has 0 bridgehead atoms. The third-order valence-electron chi connectivity index (χ3n) is 3.28. The number of hydrogen-bond acceptors (Lipinski definition) is 5. The van der Waals surface area contributed by atoms with E-state index in [4.69, 9.17) is 11.6 Å². The predicted molar refractivity (Wildman–Crippen MR) is 94.6 cm³/mol. The molecule has 0 unspecified atom stereocenters. The first-order valence-corrected chi connectivity index (χ1v) is 8.53. The average molecular weight is 401 g/mol. The molecule has 1 aliphatic heterocycles. The number of benzene rings is 1. The number of nitrogens with one attached hydrogen (secondary N) is 1. The molecule has 0 aliphatic carbocycles. The van der Waals surface area contributed by atoms with Crippen LogP contribution in [0.15, 0.2) is 51.2 Å². The van der Waals surface area contributed by atoms with Gasteiger partial charge >= 0.3 is 10.2 Å². The highest BCUT2D eigenvalue weighted by Crippen LogP contribution is 2.23. The van der Waals surface area contributed by atoms with Crippen LogP contribution in [0.4, 0.5) is 10.1 Å². The van der Waals surface area contributed by atoms with Gasteiger partial charge < -0.3 is 9.84 Å². The van der Waals surface area contributed by atoms with Gasteiger partial charge in [-0.15, -0.1) is 4.40 Å². The number of carbonyl (C=O) groups is 1. The van der Waals surface area contributed by atoms with E-state index in [1.54, 1.807) is 0 Å². The molecule has 1 aromatic heterocycles. The van der Waals surface area contributed by atoms with Crippen molar-refractivity contribution in [1.82, 2.24) is 9.46 Å². The van der Waals surface area contributed by atoms with Gasteiger partial charge in [0.15, 0.2) is 0 Å². The molecule has 2 aromatic rings. The maximum Gasteiger partial charge on any atom is 0.345 e. The summed E-state index contributed by atoms with van der Waals surface area (Å²) in [4.78, 5) is 12.5. The Balaban J connectivity index is 0.00000243. The molecule has 1 N–H and O–H groups in total. The van der Waals surface area contributed by atoms with Gasteiger partial charge in [0.2, 0.25) is 0 Å². The van der Waals surface area contributed by atoms with Crippen LogP contribution < -0.4 is 5.32 Å². The van der Waals surface area contributed by atoms with Crippen LogP contribution in [0.3, 0.4) is 0 Å². The molecule has 8 nitrogen and oxygen atoms in total. The van der Waals surface area contributed by atoms with Crippen molar-refractivity contribution in [3.05, 3.63) is 58.8 Å². The maximum atomic E-state index is 13.2. The zero-order valence-electron chi connectivity index (χ0n) is 12.6. The van der Waals surface area contributed by atoms with Gasteiger partial charge in [0.05, 0.1) is 5.02 Å². The van der Waals surface area contributed by atoms with Gasteiger partial charge in [-0.3, -0.25) is 4.79 Å². The summed E-state index contributed by atoms with van der Waals surface area (Å²) in [6, 6.07) is 4.99. The first-order chi connectivity index (χ1) is 11.8. The Bertz CT molecular complexity index is 1000. The number of amides is 1. The summed E-state index contributed by atoms with van der Waals surface area (Å²) in [7, 11) is -2.93. The van der Waals surface area contributed by atoms with E-state index >= 15 is 0 Å². The molecule has 1 aromatic carbocycles. The normalized spacial score (nSPS) is 15.6. The molecule has 0 fully saturated rings. The highest BCUT2D eigenvalue weighted by Gasteiger charge is 2.30. The van der Waals surface area contributed by atoms with Crippen molar-refractivity contribution in [1.29, 1.82) is 0 Å². The van der Waals surface area contributed by atoms with Crippen LogP contribution in [0.1, 0.15) is 13.1 Å². The fraction of sp³-hybridized carbons (Fsp3) is 0.133. The molecule has 0 saturated heterocycles. The van der Waals surface area contributed by atoms with Gasteiger partial charge in [0.1, 0.15) is 29.2 Å². The minimum Gasteiger partial charge on any atom is -0.364 e. The molecule has 0 saturated carbocycles. The molecular formula is C15H14ClFN4O4S. The molecule has 0 radical (unpaired) electrons. The van der Waals surface area contributed by atoms with E-state index in [-0.39, 0.29) is 35.2 Å². The lowest BCUT2D eigenvalue weighted by Crippen LogP contribution is -2.35. The number of anilines is 1. The molecule has 2 heterocycles. The Labute approximate surface area is 154 Å². The molecular weight excluding hydrogens is 387 g/mol. The highest BCUT2D eigenvalue weighted by molar-refractivity contribution is 7.88. The predicted octanol–water partition coefficient (Wildman–Crippen LogP) is 2.61. The van der Waals surface area contributed by atoms with Crippen LogP contribution >= 0.6 is 11.6 Å². The zero-order chi connectivity index (χ0) is 18.2. The van der Waals surface area contributed by atoms with Crippen molar-refractivity contribution >= 4 is 39.1 Å². The third kappa shape index (κ3) is 3.75. The van der Waals surface area contributed by atoms with Crippen molar-refractivity contribution < 1.29 is 22.1 Å². The quantitative estimate of drug-likeness (QED) is 0.852. The van der Waals surface area contributed by atoms with Crippen molar-refractivity contribution in [3.8, 4) is 0 Å². The molecule has 11 heteroatoms. The number of carbonyl (C=O) groups excluding carboxylic acids is 1. The lowest BCUT2D eigenvalue weighted by atomic mass is 10.2. The largest absolute Gasteiger partial charge is 0.364 e. The summed E-state index contributed by atoms with van der Waals surface area (Å²) in [5, 5.41) is 5.88. The number of nitrogens with zero attached hydrogens (tertiary/aromatic N) is 3. The van der Waals surface area contributed by atoms with Crippen LogP contribution in [-0.4, -0.2) is 36.5 Å². The minimum absolute atomic E-state index is 0. The second kappa shape index (κ2) is 7.26. The van der Waals surface area contributed by atoms with Gasteiger partial charge in [-0.1, -0.05) is 24.2 Å². The Morgan fingerprint density at radius 3 is 2.69 bits per heavy atom. The second-order valence-corrected chi connectivity index (χ2v) is 6.95. The topological polar surface area (TPSA) is 105 Å². The van der Waals surface area contributed by atoms with Gasteiger partial charge in [-0.25, -0.2) is 8.70 Å². The molecule has 26 heavy (non-hydrogen) atoms. The summed E-state index contributed by atoms with van der Waals surface area (Å²) in [6.07, 6.45) is 2.50. The first-order valence-electron chi connectivity index (χ1n) is 6.75. The summed E-state index contributed by atoms with van der Waals surface area (Å²) < 4.78 is 46.4. The fourth-order valence-electron chi connectivity index (χ4n) is 2.00. The smallest absolute Gasteiger partial charge is 0.345 e. The van der Waals surface area contributed by atoms with E-state index in [2.05, 4.69) is 19.4 Å². The number of likely N-dealkylation sites (N-methyl/N-ethyl adjacent to an activating group) is 1. The van der Waals surface area contributed by atoms with Crippen LogP contribution in [0.2, 0.25) is 5.02 Å². The van der Waals surface area contributed by atoms with Gasteiger partial charge in [0.25, 0.3) is 5.91 Å². The van der Waals surface area contributed by atoms with E-state index in [0.29, 0.717) is 0 Å². The van der Waals surface area contributed by atoms with Crippen LogP contribution in [0.5, 0.6) is 0 Å². The summed E-state index contributed by atoms with van der Waals surface area (Å²) in [5.74, 6) is -1.39. The lowest BCUT2D eigenvalue weighted by Gasteiger charge is -2.23. The number of allylic oxidation sites excluding steroid dienone is 1. The Hall–Kier alpha value is -2.72. The van der Waals surface area contributed by atoms with E-state index in [9.17, 15) is 17.6 Å². The van der Waals surface area contributed by atoms with E-state index in [0.717, 1.165) is 10.4 Å². The Morgan fingerprint density at radius 2 is 2.08 bits per heavy atom. The fourth-order valence-corrected chi connectivity index (χ4v) is 3.08. The van der Waals surface area contributed by atoms with Crippen molar-refractivity contribution in [3.63, 3.8) is 0 Å². The molecule has 0 atom stereocenters. The van der Waals surface area contributed by atoms with Gasteiger partial charge in [-0.05, 0) is 24.3 Å². The molecule has 3 rings (SSSR count). The molecule has 0 spiro atoms. The lowest BCUT2D eigenvalue weighted by molar-refractivity contribution is -0.113. The van der Waals surface area contributed by atoms with Crippen molar-refractivity contribution in [2.45, 2.75) is 7.43 Å². The van der Waals surface area contributed by atoms with Crippen LogP contribution in [0, 0.1) is 5.82 Å². The third-order valence-corrected chi connectivity index (χ3v) is 4.89. The average Bonchev–Trinajstić information content (AvgIpc) is 3.07. The number of rotatable bonds is 3. The molecule has 138 valence electrons. The molecule has 1 amide bonds. The summed E-state index contributed by atoms with van der Waals surface area (Å²) in [6.45, 7) is 0. The second-order valence-electron chi connectivity index (χ2n) is 4.92. The standard InChI is InChI=1S/C14H10ClFN4O4S.CH4/c1-20-13(14(21)17-8-2-3-10(16)9(15)6-8)7-12(19-25(20,22)23)11-4-5-24-18-11;/h2-7H,1H3,(H,17,21);1H4. The van der Waals surface area contributed by atoms with Gasteiger partial charge in [0, 0.05) is 18.8 Å². The summed E-state index contributed by atoms with van der Waals surface area (Å²) >= 11 is 5.66. The minimum atomic E-state index is -4.11. The van der Waals surface area contributed by atoms with Crippen LogP contribution in [-0.2, 0) is 15.0 Å². The number of hydrogen-bond donors (Lipinski definition) is 1. The maximum absolute atomic E-state index is 13.2. The molecule has 1 aliphatic rings. The monoisotopic (exact) mass is 400 g/mol. The first kappa shape index (κ1) is 19.6. The van der Waals surface area contributed by atoms with E-state index in [1.165, 1.54) is 37.6 Å². The summed E-state index contributed by atoms with van der Waals surface area (Å²) in [5.41, 5.74) is 0.114. The van der Waals surface area contributed by atoms with Crippen molar-refractivity contribution in [2.24, 2.45) is 4.40 Å². The number of halogens is 2. The van der Waals surface area contributed by atoms with E-state index < -0.39 is 21.9 Å². The SMILES string of the molecule is C.CN1C(C(=O)Nc2ccc(F)c(Cl)c2)=CC(c2ccon2)=NS1(=O)=O. The van der Waals surface area contributed by atoms with Crippen LogP contribution in [0.25, 0.3) is 0 Å².